The molecule has 9 N–H and O–H groups in total. The van der Waals surface area contributed by atoms with Crippen molar-refractivity contribution in [3.63, 3.8) is 0 Å². The predicted molar refractivity (Wildman–Crippen MR) is 142 cm³/mol. The van der Waals surface area contributed by atoms with Gasteiger partial charge in [0, 0.05) is 29.9 Å². The van der Waals surface area contributed by atoms with Gasteiger partial charge in [-0.25, -0.2) is 4.79 Å². The number of aromatic nitrogens is 1. The molecule has 1 aromatic heterocycles. The summed E-state index contributed by atoms with van der Waals surface area (Å²) in [7, 11) is 0. The molecule has 0 radical (unpaired) electrons. The smallest absolute Gasteiger partial charge is 0.326 e. The van der Waals surface area contributed by atoms with Gasteiger partial charge >= 0.3 is 5.97 Å². The summed E-state index contributed by atoms with van der Waals surface area (Å²) in [5, 5.41) is 37.1. The van der Waals surface area contributed by atoms with Gasteiger partial charge in [0.05, 0.1) is 12.7 Å². The molecule has 0 aliphatic heterocycles. The highest BCUT2D eigenvalue weighted by Crippen LogP contribution is 2.19. The number of aliphatic carboxylic acids is 1. The Morgan fingerprint density at radius 2 is 1.44 bits per heavy atom. The minimum atomic E-state index is -1.47. The molecule has 2 aromatic carbocycles. The normalized spacial score (nSPS) is 15.0. The van der Waals surface area contributed by atoms with E-state index in [-0.39, 0.29) is 12.8 Å². The molecule has 0 aliphatic carbocycles. The van der Waals surface area contributed by atoms with Crippen LogP contribution >= 0.6 is 0 Å². The number of H-pyrrole nitrogens is 1. The van der Waals surface area contributed by atoms with E-state index >= 15 is 0 Å². The molecule has 3 rings (SSSR count). The van der Waals surface area contributed by atoms with Crippen molar-refractivity contribution in [3.8, 4) is 0 Å². The molecule has 3 aromatic rings. The maximum atomic E-state index is 13.4. The summed E-state index contributed by atoms with van der Waals surface area (Å²) in [5.41, 5.74) is 7.78. The van der Waals surface area contributed by atoms with Crippen LogP contribution in [0.4, 0.5) is 0 Å². The van der Waals surface area contributed by atoms with E-state index in [4.69, 9.17) is 5.73 Å². The number of nitrogens with two attached hydrogens (primary N) is 1. The topological polar surface area (TPSA) is 207 Å². The Labute approximate surface area is 224 Å². The molecule has 3 amide bonds. The summed E-state index contributed by atoms with van der Waals surface area (Å²) in [6.07, 6.45) is 0.481. The number of hydrogen-bond acceptors (Lipinski definition) is 7. The van der Waals surface area contributed by atoms with Crippen LogP contribution in [-0.4, -0.2) is 80.9 Å². The number of amides is 3. The van der Waals surface area contributed by atoms with Crippen LogP contribution < -0.4 is 21.7 Å². The lowest BCUT2D eigenvalue weighted by atomic mass is 10.0. The van der Waals surface area contributed by atoms with Gasteiger partial charge in [0.2, 0.25) is 17.7 Å². The summed E-state index contributed by atoms with van der Waals surface area (Å²) in [6.45, 7) is 0.492. The van der Waals surface area contributed by atoms with Gasteiger partial charge in [0.15, 0.2) is 0 Å². The first-order chi connectivity index (χ1) is 18.6. The van der Waals surface area contributed by atoms with Gasteiger partial charge in [-0.2, -0.15) is 0 Å². The number of carboxylic acid groups (broad SMARTS) is 1. The molecular weight excluding hydrogens is 506 g/mol. The van der Waals surface area contributed by atoms with Crippen LogP contribution in [0.25, 0.3) is 10.9 Å². The van der Waals surface area contributed by atoms with Gasteiger partial charge in [0.1, 0.15) is 24.2 Å². The number of benzene rings is 2. The van der Waals surface area contributed by atoms with Crippen molar-refractivity contribution in [2.75, 3.05) is 6.61 Å². The van der Waals surface area contributed by atoms with Gasteiger partial charge < -0.3 is 42.0 Å². The number of nitrogens with one attached hydrogen (secondary N) is 4. The molecule has 0 aliphatic rings. The lowest BCUT2D eigenvalue weighted by Crippen LogP contribution is -2.59. The summed E-state index contributed by atoms with van der Waals surface area (Å²) in [4.78, 5) is 53.7. The van der Waals surface area contributed by atoms with Gasteiger partial charge in [-0.15, -0.1) is 0 Å². The van der Waals surface area contributed by atoms with Gasteiger partial charge in [-0.1, -0.05) is 48.5 Å². The summed E-state index contributed by atoms with van der Waals surface area (Å²) < 4.78 is 0. The van der Waals surface area contributed by atoms with Crippen molar-refractivity contribution < 1.29 is 34.5 Å². The maximum absolute atomic E-state index is 13.4. The highest BCUT2D eigenvalue weighted by molar-refractivity contribution is 5.95. The molecular formula is C27H33N5O7. The molecule has 12 nitrogen and oxygen atoms in total. The van der Waals surface area contributed by atoms with Gasteiger partial charge in [-0.3, -0.25) is 14.4 Å². The number of para-hydroxylation sites is 1. The number of carboxylic acids is 1. The van der Waals surface area contributed by atoms with Crippen molar-refractivity contribution in [2.24, 2.45) is 5.73 Å². The molecule has 5 unspecified atom stereocenters. The fraction of sp³-hybridized carbons (Fsp3) is 0.333. The second kappa shape index (κ2) is 13.5. The zero-order valence-electron chi connectivity index (χ0n) is 21.3. The van der Waals surface area contributed by atoms with E-state index in [2.05, 4.69) is 20.9 Å². The number of fused-ring (bicyclic) bond motifs is 1. The standard InChI is InChI=1S/C27H33N5O7/c1-15(34)23(28)26(37)32-22(14-33)25(36)30-20(12-17-13-29-19-10-6-5-9-18(17)19)24(35)31-21(27(38)39)11-16-7-3-2-4-8-16/h2-10,13,15,20-23,29,33-34H,11-12,14,28H2,1H3,(H,30,36)(H,31,35)(H,32,37)(H,38,39). The molecule has 0 fully saturated rings. The van der Waals surface area contributed by atoms with Crippen LogP contribution in [0.15, 0.2) is 60.8 Å². The molecule has 39 heavy (non-hydrogen) atoms. The Morgan fingerprint density at radius 1 is 0.846 bits per heavy atom. The molecule has 12 heteroatoms. The van der Waals surface area contributed by atoms with Gasteiger partial charge in [0.25, 0.3) is 0 Å². The Hall–Kier alpha value is -4.26. The Kier molecular flexibility index (Phi) is 10.1. The average molecular weight is 540 g/mol. The van der Waals surface area contributed by atoms with E-state index in [9.17, 15) is 34.5 Å². The van der Waals surface area contributed by atoms with Crippen LogP contribution in [-0.2, 0) is 32.0 Å². The summed E-state index contributed by atoms with van der Waals surface area (Å²) >= 11 is 0. The molecule has 0 bridgehead atoms. The zero-order valence-corrected chi connectivity index (χ0v) is 21.3. The Morgan fingerprint density at radius 3 is 2.08 bits per heavy atom. The second-order valence-corrected chi connectivity index (χ2v) is 9.22. The number of aliphatic hydroxyl groups is 2. The largest absolute Gasteiger partial charge is 0.480 e. The molecule has 208 valence electrons. The zero-order chi connectivity index (χ0) is 28.5. The van der Waals surface area contributed by atoms with E-state index in [0.717, 1.165) is 10.9 Å². The first-order valence-electron chi connectivity index (χ1n) is 12.4. The first-order valence-corrected chi connectivity index (χ1v) is 12.4. The van der Waals surface area contributed by atoms with E-state index in [1.54, 1.807) is 36.5 Å². The lowest BCUT2D eigenvalue weighted by Gasteiger charge is -2.25. The summed E-state index contributed by atoms with van der Waals surface area (Å²) in [5.74, 6) is -3.78. The van der Waals surface area contributed by atoms with E-state index in [0.29, 0.717) is 11.1 Å². The third kappa shape index (κ3) is 7.87. The van der Waals surface area contributed by atoms with Gasteiger partial charge in [-0.05, 0) is 24.1 Å². The Balaban J connectivity index is 1.83. The molecule has 0 saturated carbocycles. The SMILES string of the molecule is CC(O)C(N)C(=O)NC(CO)C(=O)NC(Cc1c[nH]c2ccccc12)C(=O)NC(Cc1ccccc1)C(=O)O. The third-order valence-corrected chi connectivity index (χ3v) is 6.27. The predicted octanol–water partition coefficient (Wildman–Crippen LogP) is -0.807. The minimum absolute atomic E-state index is 0.0153. The Bertz CT molecular complexity index is 1290. The lowest BCUT2D eigenvalue weighted by molar-refractivity contribution is -0.142. The monoisotopic (exact) mass is 539 g/mol. The summed E-state index contributed by atoms with van der Waals surface area (Å²) in [6, 6.07) is 10.7. The molecule has 5 atom stereocenters. The van der Waals surface area contributed by atoms with Crippen molar-refractivity contribution in [3.05, 3.63) is 71.9 Å². The van der Waals surface area contributed by atoms with Crippen LogP contribution in [0.3, 0.4) is 0 Å². The van der Waals surface area contributed by atoms with Crippen LogP contribution in [0.1, 0.15) is 18.1 Å². The number of hydrogen-bond donors (Lipinski definition) is 8. The van der Waals surface area contributed by atoms with Crippen LogP contribution in [0, 0.1) is 0 Å². The van der Waals surface area contributed by atoms with Crippen LogP contribution in [0.5, 0.6) is 0 Å². The molecule has 1 heterocycles. The highest BCUT2D eigenvalue weighted by Gasteiger charge is 2.31. The average Bonchev–Trinajstić information content (AvgIpc) is 3.33. The van der Waals surface area contributed by atoms with Crippen molar-refractivity contribution in [1.29, 1.82) is 0 Å². The van der Waals surface area contributed by atoms with Crippen molar-refractivity contribution in [1.82, 2.24) is 20.9 Å². The van der Waals surface area contributed by atoms with E-state index < -0.39 is 60.6 Å². The number of rotatable bonds is 13. The quantitative estimate of drug-likeness (QED) is 0.137. The van der Waals surface area contributed by atoms with Crippen molar-refractivity contribution in [2.45, 2.75) is 50.0 Å². The molecule has 0 saturated heterocycles. The third-order valence-electron chi connectivity index (χ3n) is 6.27. The minimum Gasteiger partial charge on any atom is -0.480 e. The number of carbonyl (C=O) groups excluding carboxylic acids is 3. The fourth-order valence-electron chi connectivity index (χ4n) is 4.01. The second-order valence-electron chi connectivity index (χ2n) is 9.22. The van der Waals surface area contributed by atoms with E-state index in [1.165, 1.54) is 6.92 Å². The van der Waals surface area contributed by atoms with Crippen molar-refractivity contribution >= 4 is 34.6 Å². The van der Waals surface area contributed by atoms with Crippen LogP contribution in [0.2, 0.25) is 0 Å². The maximum Gasteiger partial charge on any atom is 0.326 e. The van der Waals surface area contributed by atoms with E-state index in [1.807, 2.05) is 24.3 Å². The highest BCUT2D eigenvalue weighted by atomic mass is 16.4. The number of aliphatic hydroxyl groups excluding tert-OH is 2. The first kappa shape index (κ1) is 29.3. The number of carbonyl (C=O) groups is 4. The molecule has 0 spiro atoms. The number of aromatic amines is 1. The fourth-order valence-corrected chi connectivity index (χ4v) is 4.01.